The highest BCUT2D eigenvalue weighted by molar-refractivity contribution is 14.1. The number of hydrogen-bond donors (Lipinski definition) is 0. The van der Waals surface area contributed by atoms with E-state index in [-0.39, 0.29) is 6.29 Å². The van der Waals surface area contributed by atoms with Gasteiger partial charge in [0.05, 0.1) is 0 Å². The lowest BCUT2D eigenvalue weighted by Gasteiger charge is -2.14. The molecule has 0 spiro atoms. The van der Waals surface area contributed by atoms with Crippen LogP contribution in [0.5, 0.6) is 5.75 Å². The van der Waals surface area contributed by atoms with Crippen LogP contribution < -0.4 is 4.74 Å². The van der Waals surface area contributed by atoms with E-state index in [1.54, 1.807) is 14.2 Å². The van der Waals surface area contributed by atoms with Gasteiger partial charge in [0, 0.05) is 17.8 Å². The van der Waals surface area contributed by atoms with Crippen LogP contribution in [0.2, 0.25) is 0 Å². The molecule has 0 aliphatic rings. The molecule has 0 amide bonds. The van der Waals surface area contributed by atoms with Gasteiger partial charge in [-0.1, -0.05) is 0 Å². The molecule has 0 aliphatic carbocycles. The van der Waals surface area contributed by atoms with Crippen molar-refractivity contribution in [2.24, 2.45) is 0 Å². The van der Waals surface area contributed by atoms with Crippen LogP contribution in [0.3, 0.4) is 0 Å². The van der Waals surface area contributed by atoms with Crippen molar-refractivity contribution in [1.29, 1.82) is 0 Å². The molecule has 0 aromatic heterocycles. The lowest BCUT2D eigenvalue weighted by Crippen LogP contribution is -2.21. The first-order valence-electron chi connectivity index (χ1n) is 4.20. The minimum absolute atomic E-state index is 0.311. The van der Waals surface area contributed by atoms with Gasteiger partial charge >= 0.3 is 0 Å². The van der Waals surface area contributed by atoms with E-state index >= 15 is 0 Å². The van der Waals surface area contributed by atoms with Crippen molar-refractivity contribution in [3.05, 3.63) is 27.8 Å². The Morgan fingerprint density at radius 3 is 2.21 bits per heavy atom. The third kappa shape index (κ3) is 3.81. The van der Waals surface area contributed by atoms with Gasteiger partial charge < -0.3 is 14.2 Å². The predicted molar refractivity (Wildman–Crippen MR) is 62.5 cm³/mol. The normalized spacial score (nSPS) is 10.6. The number of benzene rings is 1. The highest BCUT2D eigenvalue weighted by Crippen LogP contribution is 2.13. The monoisotopic (exact) mass is 308 g/mol. The van der Waals surface area contributed by atoms with Crippen LogP contribution in [-0.2, 0) is 9.47 Å². The number of rotatable bonds is 5. The van der Waals surface area contributed by atoms with Crippen LogP contribution in [0.1, 0.15) is 0 Å². The Morgan fingerprint density at radius 1 is 1.14 bits per heavy atom. The molecule has 14 heavy (non-hydrogen) atoms. The van der Waals surface area contributed by atoms with Crippen LogP contribution in [-0.4, -0.2) is 27.1 Å². The van der Waals surface area contributed by atoms with Gasteiger partial charge in [-0.15, -0.1) is 0 Å². The largest absolute Gasteiger partial charge is 0.488 e. The van der Waals surface area contributed by atoms with E-state index in [1.165, 1.54) is 3.57 Å². The first-order chi connectivity index (χ1) is 6.76. The summed E-state index contributed by atoms with van der Waals surface area (Å²) in [5.41, 5.74) is 0. The van der Waals surface area contributed by atoms with Gasteiger partial charge in [0.2, 0.25) is 0 Å². The lowest BCUT2D eigenvalue weighted by molar-refractivity contribution is -0.121. The van der Waals surface area contributed by atoms with E-state index in [0.29, 0.717) is 6.61 Å². The lowest BCUT2D eigenvalue weighted by atomic mass is 10.3. The predicted octanol–water partition coefficient (Wildman–Crippen LogP) is 2.29. The van der Waals surface area contributed by atoms with Crippen molar-refractivity contribution in [2.45, 2.75) is 6.29 Å². The number of ether oxygens (including phenoxy) is 3. The number of methoxy groups -OCH3 is 2. The molecular weight excluding hydrogens is 295 g/mol. The smallest absolute Gasteiger partial charge is 0.191 e. The Kier molecular flexibility index (Phi) is 5.21. The van der Waals surface area contributed by atoms with Crippen molar-refractivity contribution in [2.75, 3.05) is 20.8 Å². The summed E-state index contributed by atoms with van der Waals surface area (Å²) in [4.78, 5) is 0. The molecule has 1 rings (SSSR count). The van der Waals surface area contributed by atoms with Crippen molar-refractivity contribution in [3.63, 3.8) is 0 Å². The van der Waals surface area contributed by atoms with E-state index in [4.69, 9.17) is 14.2 Å². The maximum Gasteiger partial charge on any atom is 0.191 e. The molecule has 0 unspecified atom stereocenters. The van der Waals surface area contributed by atoms with Gasteiger partial charge in [0.15, 0.2) is 6.29 Å². The summed E-state index contributed by atoms with van der Waals surface area (Å²) >= 11 is 2.25. The Morgan fingerprint density at radius 2 is 1.71 bits per heavy atom. The molecule has 1 aromatic rings. The average molecular weight is 308 g/mol. The van der Waals surface area contributed by atoms with Crippen LogP contribution in [0, 0.1) is 3.57 Å². The SMILES string of the molecule is COC(COc1ccc(I)cc1)OC. The van der Waals surface area contributed by atoms with E-state index in [9.17, 15) is 0 Å². The van der Waals surface area contributed by atoms with E-state index in [0.717, 1.165) is 5.75 Å². The van der Waals surface area contributed by atoms with E-state index < -0.39 is 0 Å². The van der Waals surface area contributed by atoms with Gasteiger partial charge in [-0.3, -0.25) is 0 Å². The molecule has 0 bridgehead atoms. The van der Waals surface area contributed by atoms with Gasteiger partial charge in [0.1, 0.15) is 12.4 Å². The highest BCUT2D eigenvalue weighted by Gasteiger charge is 2.05. The molecule has 0 heterocycles. The Hall–Kier alpha value is -0.330. The van der Waals surface area contributed by atoms with Crippen molar-refractivity contribution >= 4 is 22.6 Å². The molecule has 0 atom stereocenters. The van der Waals surface area contributed by atoms with Gasteiger partial charge in [0.25, 0.3) is 0 Å². The summed E-state index contributed by atoms with van der Waals surface area (Å²) in [6, 6.07) is 7.82. The first-order valence-corrected chi connectivity index (χ1v) is 5.28. The molecule has 78 valence electrons. The molecule has 0 saturated heterocycles. The Labute approximate surface area is 97.5 Å². The van der Waals surface area contributed by atoms with E-state index in [2.05, 4.69) is 22.6 Å². The zero-order chi connectivity index (χ0) is 10.4. The molecule has 0 saturated carbocycles. The fourth-order valence-electron chi connectivity index (χ4n) is 0.927. The highest BCUT2D eigenvalue weighted by atomic mass is 127. The Bertz CT molecular complexity index is 257. The van der Waals surface area contributed by atoms with Gasteiger partial charge in [-0.25, -0.2) is 0 Å². The molecular formula is C10H13IO3. The second-order valence-electron chi connectivity index (χ2n) is 2.67. The fourth-order valence-corrected chi connectivity index (χ4v) is 1.29. The first kappa shape index (κ1) is 11.7. The van der Waals surface area contributed by atoms with Crippen molar-refractivity contribution in [1.82, 2.24) is 0 Å². The van der Waals surface area contributed by atoms with Gasteiger partial charge in [-0.2, -0.15) is 0 Å². The molecule has 0 aliphatic heterocycles. The topological polar surface area (TPSA) is 27.7 Å². The maximum atomic E-state index is 5.45. The average Bonchev–Trinajstić information content (AvgIpc) is 2.22. The standard InChI is InChI=1S/C10H13IO3/c1-12-10(13-2)7-14-9-5-3-8(11)4-6-9/h3-6,10H,7H2,1-2H3. The van der Waals surface area contributed by atoms with Crippen LogP contribution in [0.15, 0.2) is 24.3 Å². The quantitative estimate of drug-likeness (QED) is 0.617. The Balaban J connectivity index is 2.41. The zero-order valence-electron chi connectivity index (χ0n) is 8.20. The maximum absolute atomic E-state index is 5.45. The molecule has 4 heteroatoms. The van der Waals surface area contributed by atoms with Crippen LogP contribution >= 0.6 is 22.6 Å². The summed E-state index contributed by atoms with van der Waals surface area (Å²) in [6.45, 7) is 0.396. The molecule has 3 nitrogen and oxygen atoms in total. The van der Waals surface area contributed by atoms with Gasteiger partial charge in [-0.05, 0) is 46.9 Å². The summed E-state index contributed by atoms with van der Waals surface area (Å²) < 4.78 is 16.6. The minimum atomic E-state index is -0.311. The third-order valence-electron chi connectivity index (χ3n) is 1.73. The minimum Gasteiger partial charge on any atom is -0.488 e. The zero-order valence-corrected chi connectivity index (χ0v) is 10.4. The van der Waals surface area contributed by atoms with Crippen molar-refractivity contribution in [3.8, 4) is 5.75 Å². The summed E-state index contributed by atoms with van der Waals surface area (Å²) in [6.07, 6.45) is -0.311. The summed E-state index contributed by atoms with van der Waals surface area (Å²) in [7, 11) is 3.18. The third-order valence-corrected chi connectivity index (χ3v) is 2.44. The molecule has 0 radical (unpaired) electrons. The van der Waals surface area contributed by atoms with Crippen LogP contribution in [0.4, 0.5) is 0 Å². The van der Waals surface area contributed by atoms with Crippen molar-refractivity contribution < 1.29 is 14.2 Å². The summed E-state index contributed by atoms with van der Waals surface area (Å²) in [5.74, 6) is 0.824. The number of hydrogen-bond acceptors (Lipinski definition) is 3. The molecule has 1 aromatic carbocycles. The fraction of sp³-hybridized carbons (Fsp3) is 0.400. The molecule has 0 N–H and O–H groups in total. The summed E-state index contributed by atoms with van der Waals surface area (Å²) in [5, 5.41) is 0. The molecule has 0 fully saturated rings. The van der Waals surface area contributed by atoms with E-state index in [1.807, 2.05) is 24.3 Å². The number of halogens is 1. The second-order valence-corrected chi connectivity index (χ2v) is 3.91. The second kappa shape index (κ2) is 6.21. The van der Waals surface area contributed by atoms with Crippen LogP contribution in [0.25, 0.3) is 0 Å².